The summed E-state index contributed by atoms with van der Waals surface area (Å²) in [6, 6.07) is 6.15. The van der Waals surface area contributed by atoms with Crippen molar-refractivity contribution in [3.8, 4) is 5.75 Å². The molecule has 38 heavy (non-hydrogen) atoms. The molecule has 11 nitrogen and oxygen atoms in total. The van der Waals surface area contributed by atoms with Gasteiger partial charge in [-0.2, -0.15) is 0 Å². The van der Waals surface area contributed by atoms with Crippen LogP contribution in [0.5, 0.6) is 5.75 Å². The topological polar surface area (TPSA) is 132 Å². The highest BCUT2D eigenvalue weighted by Gasteiger charge is 2.36. The van der Waals surface area contributed by atoms with E-state index < -0.39 is 27.7 Å². The number of fused-ring (bicyclic) bond motifs is 3. The van der Waals surface area contributed by atoms with Gasteiger partial charge in [0.25, 0.3) is 0 Å². The van der Waals surface area contributed by atoms with Crippen LogP contribution >= 0.6 is 0 Å². The lowest BCUT2D eigenvalue weighted by Crippen LogP contribution is -2.13. The quantitative estimate of drug-likeness (QED) is 0.255. The fourth-order valence-corrected chi connectivity index (χ4v) is 6.10. The van der Waals surface area contributed by atoms with Crippen LogP contribution < -0.4 is 4.74 Å². The maximum absolute atomic E-state index is 14.3. The number of esters is 3. The number of benzene rings is 2. The Balaban J connectivity index is 2.38. The number of hydrogen-bond donors (Lipinski definition) is 0. The molecule has 12 heteroatoms. The number of carbonyl (C=O) groups excluding carboxylic acids is 3. The van der Waals surface area contributed by atoms with Crippen molar-refractivity contribution < 1.29 is 41.7 Å². The second-order valence-corrected chi connectivity index (χ2v) is 10.5. The Morgan fingerprint density at radius 1 is 0.868 bits per heavy atom. The average molecular weight is 543 g/mol. The first-order chi connectivity index (χ1) is 18.0. The zero-order valence-corrected chi connectivity index (χ0v) is 22.5. The van der Waals surface area contributed by atoms with Crippen LogP contribution in [0.4, 0.5) is 0 Å². The largest absolute Gasteiger partial charge is 0.465 e. The van der Waals surface area contributed by atoms with Crippen molar-refractivity contribution in [3.05, 3.63) is 53.3 Å². The molecule has 0 atom stereocenters. The summed E-state index contributed by atoms with van der Waals surface area (Å²) >= 11 is 0. The second-order valence-electron chi connectivity index (χ2n) is 8.58. The van der Waals surface area contributed by atoms with Gasteiger partial charge in [-0.25, -0.2) is 18.0 Å². The molecule has 2 heterocycles. The molecule has 0 aliphatic carbocycles. The molecule has 0 saturated carbocycles. The van der Waals surface area contributed by atoms with Crippen LogP contribution in [0.3, 0.4) is 0 Å². The zero-order chi connectivity index (χ0) is 27.9. The monoisotopic (exact) mass is 542 g/mol. The Labute approximate surface area is 218 Å². The summed E-state index contributed by atoms with van der Waals surface area (Å²) in [5, 5.41) is 0.259. The lowest BCUT2D eigenvalue weighted by atomic mass is 10.0. The van der Waals surface area contributed by atoms with Crippen LogP contribution in [-0.2, 0) is 42.6 Å². The molecule has 2 aromatic carbocycles. The van der Waals surface area contributed by atoms with Gasteiger partial charge in [-0.1, -0.05) is 17.7 Å². The van der Waals surface area contributed by atoms with Gasteiger partial charge in [-0.05, 0) is 19.1 Å². The number of rotatable bonds is 7. The van der Waals surface area contributed by atoms with Crippen LogP contribution in [-0.4, -0.2) is 56.8 Å². The summed E-state index contributed by atoms with van der Waals surface area (Å²) in [4.78, 5) is 37.6. The minimum absolute atomic E-state index is 0.00655. The normalized spacial score (nSPS) is 11.6. The third kappa shape index (κ3) is 4.21. The maximum Gasteiger partial charge on any atom is 0.340 e. The van der Waals surface area contributed by atoms with E-state index in [1.54, 1.807) is 19.2 Å². The van der Waals surface area contributed by atoms with Gasteiger partial charge in [0.2, 0.25) is 9.84 Å². The first-order valence-corrected chi connectivity index (χ1v) is 12.8. The van der Waals surface area contributed by atoms with E-state index >= 15 is 0 Å². The number of carbonyl (C=O) groups is 3. The molecule has 0 amide bonds. The Morgan fingerprint density at radius 3 is 1.95 bits per heavy atom. The van der Waals surface area contributed by atoms with Crippen LogP contribution in [0.25, 0.3) is 21.8 Å². The maximum atomic E-state index is 14.3. The number of methoxy groups -OCH3 is 3. The Morgan fingerprint density at radius 2 is 1.42 bits per heavy atom. The Kier molecular flexibility index (Phi) is 7.04. The molecule has 2 aromatic heterocycles. The van der Waals surface area contributed by atoms with Crippen LogP contribution in [0.1, 0.15) is 33.2 Å². The van der Waals surface area contributed by atoms with Crippen molar-refractivity contribution >= 4 is 49.6 Å². The molecule has 0 spiro atoms. The van der Waals surface area contributed by atoms with E-state index in [9.17, 15) is 22.8 Å². The highest BCUT2D eigenvalue weighted by atomic mass is 32.2. The van der Waals surface area contributed by atoms with E-state index in [0.717, 1.165) is 12.5 Å². The van der Waals surface area contributed by atoms with E-state index in [1.165, 1.54) is 55.0 Å². The molecule has 0 aliphatic heterocycles. The van der Waals surface area contributed by atoms with E-state index in [0.29, 0.717) is 0 Å². The van der Waals surface area contributed by atoms with Crippen molar-refractivity contribution in [2.45, 2.75) is 30.4 Å². The molecule has 0 N–H and O–H groups in total. The van der Waals surface area contributed by atoms with Crippen molar-refractivity contribution in [3.63, 3.8) is 0 Å². The lowest BCUT2D eigenvalue weighted by molar-refractivity contribution is -0.131. The summed E-state index contributed by atoms with van der Waals surface area (Å²) in [7, 11) is 0.948. The van der Waals surface area contributed by atoms with Crippen LogP contribution in [0, 0.1) is 6.92 Å². The number of aryl methyl sites for hydroxylation is 2. The molecule has 0 radical (unpaired) electrons. The predicted molar refractivity (Wildman–Crippen MR) is 136 cm³/mol. The number of ether oxygens (including phenoxy) is 4. The summed E-state index contributed by atoms with van der Waals surface area (Å²) in [6.45, 7) is 2.78. The summed E-state index contributed by atoms with van der Waals surface area (Å²) in [5.74, 6) is -2.60. The molecular weight excluding hydrogens is 516 g/mol. The fraction of sp³-hybridized carbons (Fsp3) is 0.269. The van der Waals surface area contributed by atoms with Gasteiger partial charge in [-0.15, -0.1) is 0 Å². The highest BCUT2D eigenvalue weighted by molar-refractivity contribution is 7.91. The van der Waals surface area contributed by atoms with E-state index in [1.807, 2.05) is 6.92 Å². The standard InChI is InChI=1S/C26H26N2O9S/c1-14-7-9-16(10-8-14)38(32,33)24-22-20(18(26(31)36-6)12-28(22)13-34-4)19-17(25(30)35-5)11-27(3)21(19)23(24)37-15(2)29/h7-12H,13H2,1-6H3. The zero-order valence-electron chi connectivity index (χ0n) is 21.6. The third-order valence-corrected chi connectivity index (χ3v) is 7.88. The summed E-state index contributed by atoms with van der Waals surface area (Å²) in [5.41, 5.74) is 0.941. The second kappa shape index (κ2) is 9.95. The van der Waals surface area contributed by atoms with E-state index in [2.05, 4.69) is 0 Å². The van der Waals surface area contributed by atoms with Crippen molar-refractivity contribution in [2.75, 3.05) is 21.3 Å². The summed E-state index contributed by atoms with van der Waals surface area (Å²) in [6.07, 6.45) is 2.79. The number of aromatic nitrogens is 2. The van der Waals surface area contributed by atoms with Gasteiger partial charge in [0.1, 0.15) is 11.6 Å². The lowest BCUT2D eigenvalue weighted by Gasteiger charge is -2.17. The number of sulfone groups is 1. The smallest absolute Gasteiger partial charge is 0.340 e. The minimum atomic E-state index is -4.38. The van der Waals surface area contributed by atoms with Crippen molar-refractivity contribution in [1.82, 2.24) is 9.13 Å². The Hall–Kier alpha value is -4.16. The molecule has 0 unspecified atom stereocenters. The number of hydrogen-bond acceptors (Lipinski definition) is 9. The van der Waals surface area contributed by atoms with Gasteiger partial charge < -0.3 is 28.1 Å². The SMILES string of the molecule is COCn1cc(C(=O)OC)c2c3c(C(=O)OC)cn(C)c3c(OC(C)=O)c(S(=O)(=O)c3ccc(C)cc3)c21. The van der Waals surface area contributed by atoms with Gasteiger partial charge in [0.15, 0.2) is 5.75 Å². The predicted octanol–water partition coefficient (Wildman–Crippen LogP) is 3.38. The first kappa shape index (κ1) is 26.9. The summed E-state index contributed by atoms with van der Waals surface area (Å²) < 4.78 is 52.2. The molecule has 0 saturated heterocycles. The first-order valence-electron chi connectivity index (χ1n) is 11.3. The minimum Gasteiger partial charge on any atom is -0.465 e. The van der Waals surface area contributed by atoms with Gasteiger partial charge in [0.05, 0.1) is 41.3 Å². The molecule has 0 bridgehead atoms. The highest BCUT2D eigenvalue weighted by Crippen LogP contribution is 2.46. The van der Waals surface area contributed by atoms with Gasteiger partial charge in [0, 0.05) is 44.2 Å². The molecule has 0 fully saturated rings. The molecule has 4 aromatic rings. The van der Waals surface area contributed by atoms with Gasteiger partial charge in [-0.3, -0.25) is 4.79 Å². The van der Waals surface area contributed by atoms with Crippen molar-refractivity contribution in [2.24, 2.45) is 7.05 Å². The van der Waals surface area contributed by atoms with E-state index in [4.69, 9.17) is 18.9 Å². The van der Waals surface area contributed by atoms with Gasteiger partial charge >= 0.3 is 17.9 Å². The van der Waals surface area contributed by atoms with Crippen LogP contribution in [0.15, 0.2) is 46.5 Å². The molecular formula is C26H26N2O9S. The molecule has 4 rings (SSSR count). The average Bonchev–Trinajstić information content (AvgIpc) is 3.41. The molecule has 0 aliphatic rings. The third-order valence-electron chi connectivity index (χ3n) is 6.07. The van der Waals surface area contributed by atoms with E-state index in [-0.39, 0.29) is 55.2 Å². The Bertz CT molecular complexity index is 1710. The van der Waals surface area contributed by atoms with Crippen molar-refractivity contribution in [1.29, 1.82) is 0 Å². The number of nitrogens with zero attached hydrogens (tertiary/aromatic N) is 2. The fourth-order valence-electron chi connectivity index (χ4n) is 4.51. The molecule has 200 valence electrons. The van der Waals surface area contributed by atoms with Crippen LogP contribution in [0.2, 0.25) is 0 Å².